The van der Waals surface area contributed by atoms with Crippen molar-refractivity contribution in [2.45, 2.75) is 25.7 Å². The number of hydrogen-bond acceptors (Lipinski definition) is 4. The Morgan fingerprint density at radius 1 is 1.17 bits per heavy atom. The summed E-state index contributed by atoms with van der Waals surface area (Å²) >= 11 is 3.43. The third-order valence-corrected chi connectivity index (χ3v) is 3.84. The van der Waals surface area contributed by atoms with Crippen molar-refractivity contribution in [1.29, 1.82) is 0 Å². The number of anilines is 2. The lowest BCUT2D eigenvalue weighted by Crippen LogP contribution is -1.99. The zero-order chi connectivity index (χ0) is 12.5. The van der Waals surface area contributed by atoms with Crippen molar-refractivity contribution < 1.29 is 0 Å². The molecule has 0 spiro atoms. The van der Waals surface area contributed by atoms with Crippen LogP contribution in [0, 0.1) is 6.92 Å². The van der Waals surface area contributed by atoms with Crippen LogP contribution in [0.5, 0.6) is 0 Å². The van der Waals surface area contributed by atoms with E-state index in [1.165, 1.54) is 18.4 Å². The first-order valence-corrected chi connectivity index (χ1v) is 6.73. The van der Waals surface area contributed by atoms with Gasteiger partial charge in [-0.3, -0.25) is 0 Å². The summed E-state index contributed by atoms with van der Waals surface area (Å²) < 4.78 is 0.998. The lowest BCUT2D eigenvalue weighted by Gasteiger charge is -2.06. The van der Waals surface area contributed by atoms with Gasteiger partial charge in [-0.1, -0.05) is 0 Å². The van der Waals surface area contributed by atoms with E-state index in [0.29, 0.717) is 11.9 Å². The molecule has 3 rings (SSSR count). The van der Waals surface area contributed by atoms with Gasteiger partial charge in [-0.25, -0.2) is 15.0 Å². The molecular weight excluding hydrogens is 292 g/mol. The minimum absolute atomic E-state index is 0.591. The third kappa shape index (κ3) is 2.51. The van der Waals surface area contributed by atoms with Crippen LogP contribution in [0.25, 0.3) is 0 Å². The first kappa shape index (κ1) is 11.6. The maximum atomic E-state index is 4.31. The lowest BCUT2D eigenvalue weighted by atomic mass is 10.2. The molecule has 2 heterocycles. The minimum atomic E-state index is 0.591. The van der Waals surface area contributed by atoms with E-state index in [2.05, 4.69) is 36.2 Å². The lowest BCUT2D eigenvalue weighted by molar-refractivity contribution is 1.04. The average Bonchev–Trinajstić information content (AvgIpc) is 3.19. The summed E-state index contributed by atoms with van der Waals surface area (Å²) in [7, 11) is 0. The van der Waals surface area contributed by atoms with Gasteiger partial charge in [0, 0.05) is 23.1 Å². The Labute approximate surface area is 114 Å². The van der Waals surface area contributed by atoms with Crippen LogP contribution in [0.2, 0.25) is 0 Å². The molecule has 92 valence electrons. The molecule has 0 aromatic carbocycles. The number of halogens is 1. The highest BCUT2D eigenvalue weighted by atomic mass is 79.9. The summed E-state index contributed by atoms with van der Waals surface area (Å²) in [6, 6.07) is 1.96. The first-order valence-electron chi connectivity index (χ1n) is 5.93. The molecule has 4 nitrogen and oxygen atoms in total. The van der Waals surface area contributed by atoms with Crippen LogP contribution in [0.4, 0.5) is 11.8 Å². The van der Waals surface area contributed by atoms with Gasteiger partial charge < -0.3 is 5.32 Å². The van der Waals surface area contributed by atoms with Gasteiger partial charge in [0.15, 0.2) is 0 Å². The second-order valence-corrected chi connectivity index (χ2v) is 5.41. The van der Waals surface area contributed by atoms with E-state index in [9.17, 15) is 0 Å². The van der Waals surface area contributed by atoms with Gasteiger partial charge in [0.25, 0.3) is 0 Å². The van der Waals surface area contributed by atoms with E-state index >= 15 is 0 Å². The Hall–Kier alpha value is -1.49. The maximum absolute atomic E-state index is 4.31. The van der Waals surface area contributed by atoms with E-state index in [1.54, 1.807) is 6.20 Å². The maximum Gasteiger partial charge on any atom is 0.228 e. The topological polar surface area (TPSA) is 50.7 Å². The molecule has 0 aliphatic heterocycles. The number of rotatable bonds is 3. The van der Waals surface area contributed by atoms with Crippen molar-refractivity contribution in [2.75, 3.05) is 5.32 Å². The Morgan fingerprint density at radius 3 is 2.50 bits per heavy atom. The molecule has 2 aromatic heterocycles. The number of aryl methyl sites for hydroxylation is 1. The first-order chi connectivity index (χ1) is 8.72. The molecule has 0 radical (unpaired) electrons. The predicted octanol–water partition coefficient (Wildman–Crippen LogP) is 3.56. The third-order valence-electron chi connectivity index (χ3n) is 3.01. The Kier molecular flexibility index (Phi) is 2.99. The van der Waals surface area contributed by atoms with E-state index in [-0.39, 0.29) is 0 Å². The zero-order valence-corrected chi connectivity index (χ0v) is 11.6. The van der Waals surface area contributed by atoms with Crippen LogP contribution in [-0.4, -0.2) is 15.0 Å². The number of aromatic nitrogens is 3. The van der Waals surface area contributed by atoms with Crippen molar-refractivity contribution in [3.63, 3.8) is 0 Å². The molecule has 1 aliphatic carbocycles. The van der Waals surface area contributed by atoms with Crippen LogP contribution < -0.4 is 5.32 Å². The Bertz CT molecular complexity index is 564. The molecule has 5 heteroatoms. The summed E-state index contributed by atoms with van der Waals surface area (Å²) in [6.07, 6.45) is 8.11. The van der Waals surface area contributed by atoms with Crippen molar-refractivity contribution in [3.8, 4) is 0 Å². The smallest absolute Gasteiger partial charge is 0.228 e. The molecular formula is C13H13BrN4. The van der Waals surface area contributed by atoms with Gasteiger partial charge in [0.2, 0.25) is 5.95 Å². The molecule has 1 N–H and O–H groups in total. The van der Waals surface area contributed by atoms with Crippen molar-refractivity contribution in [1.82, 2.24) is 15.0 Å². The molecule has 0 bridgehead atoms. The molecule has 2 aromatic rings. The molecule has 0 amide bonds. The highest BCUT2D eigenvalue weighted by molar-refractivity contribution is 9.10. The molecule has 0 unspecified atom stereocenters. The van der Waals surface area contributed by atoms with Crippen LogP contribution >= 0.6 is 15.9 Å². The van der Waals surface area contributed by atoms with Gasteiger partial charge >= 0.3 is 0 Å². The van der Waals surface area contributed by atoms with Gasteiger partial charge in [-0.2, -0.15) is 0 Å². The average molecular weight is 305 g/mol. The summed E-state index contributed by atoms with van der Waals surface area (Å²) in [6.45, 7) is 2.02. The molecule has 18 heavy (non-hydrogen) atoms. The van der Waals surface area contributed by atoms with E-state index in [4.69, 9.17) is 0 Å². The van der Waals surface area contributed by atoms with Gasteiger partial charge in [-0.05, 0) is 58.8 Å². The molecule has 1 aliphatic rings. The predicted molar refractivity (Wildman–Crippen MR) is 74.0 cm³/mol. The number of nitrogens with one attached hydrogen (secondary N) is 1. The summed E-state index contributed by atoms with van der Waals surface area (Å²) in [5.74, 6) is 2.04. The molecule has 1 fully saturated rings. The fourth-order valence-corrected chi connectivity index (χ4v) is 1.97. The minimum Gasteiger partial charge on any atom is -0.309 e. The summed E-state index contributed by atoms with van der Waals surface area (Å²) in [5, 5.41) is 3.10. The zero-order valence-electron chi connectivity index (χ0n) is 10.0. The second kappa shape index (κ2) is 4.65. The van der Waals surface area contributed by atoms with Gasteiger partial charge in [0.05, 0.1) is 0 Å². The fourth-order valence-electron chi connectivity index (χ4n) is 1.75. The van der Waals surface area contributed by atoms with Crippen molar-refractivity contribution >= 4 is 27.7 Å². The Balaban J connectivity index is 1.76. The standard InChI is InChI=1S/C13H13BrN4/c1-8-4-12(15-7-11(8)14)18-13-16-5-10(6-17-13)9-2-3-9/h4-7,9H,2-3H2,1H3,(H,15,16,17,18). The van der Waals surface area contributed by atoms with Crippen LogP contribution in [-0.2, 0) is 0 Å². The largest absolute Gasteiger partial charge is 0.309 e. The Morgan fingerprint density at radius 2 is 1.89 bits per heavy atom. The molecule has 1 saturated carbocycles. The van der Waals surface area contributed by atoms with Crippen molar-refractivity contribution in [2.24, 2.45) is 0 Å². The van der Waals surface area contributed by atoms with E-state index < -0.39 is 0 Å². The number of nitrogens with zero attached hydrogens (tertiary/aromatic N) is 3. The SMILES string of the molecule is Cc1cc(Nc2ncc(C3CC3)cn2)ncc1Br. The quantitative estimate of drug-likeness (QED) is 0.942. The molecule has 0 atom stereocenters. The van der Waals surface area contributed by atoms with Crippen molar-refractivity contribution in [3.05, 3.63) is 40.3 Å². The number of hydrogen-bond donors (Lipinski definition) is 1. The number of pyridine rings is 1. The fraction of sp³-hybridized carbons (Fsp3) is 0.308. The van der Waals surface area contributed by atoms with Crippen LogP contribution in [0.15, 0.2) is 29.1 Å². The monoisotopic (exact) mass is 304 g/mol. The highest BCUT2D eigenvalue weighted by Gasteiger charge is 2.23. The normalized spacial score (nSPS) is 14.6. The molecule has 0 saturated heterocycles. The van der Waals surface area contributed by atoms with Crippen LogP contribution in [0.3, 0.4) is 0 Å². The van der Waals surface area contributed by atoms with Crippen LogP contribution in [0.1, 0.15) is 29.9 Å². The summed E-state index contributed by atoms with van der Waals surface area (Å²) in [5.41, 5.74) is 2.36. The van der Waals surface area contributed by atoms with Gasteiger partial charge in [-0.15, -0.1) is 0 Å². The summed E-state index contributed by atoms with van der Waals surface area (Å²) in [4.78, 5) is 12.9. The van der Waals surface area contributed by atoms with E-state index in [1.807, 2.05) is 25.4 Å². The van der Waals surface area contributed by atoms with Gasteiger partial charge in [0.1, 0.15) is 5.82 Å². The highest BCUT2D eigenvalue weighted by Crippen LogP contribution is 2.39. The van der Waals surface area contributed by atoms with E-state index in [0.717, 1.165) is 15.9 Å². The second-order valence-electron chi connectivity index (χ2n) is 4.56.